The molecule has 0 aliphatic carbocycles. The van der Waals surface area contributed by atoms with E-state index >= 15 is 0 Å². The second-order valence-electron chi connectivity index (χ2n) is 4.58. The van der Waals surface area contributed by atoms with Crippen molar-refractivity contribution in [3.05, 3.63) is 11.7 Å². The van der Waals surface area contributed by atoms with Gasteiger partial charge in [-0.15, -0.1) is 0 Å². The Kier molecular flexibility index (Phi) is 2.78. The number of aromatic nitrogens is 2. The van der Waals surface area contributed by atoms with Gasteiger partial charge in [-0.3, -0.25) is 0 Å². The minimum Gasteiger partial charge on any atom is -0.337 e. The maximum absolute atomic E-state index is 5.38. The predicted molar refractivity (Wildman–Crippen MR) is 57.6 cm³/mol. The lowest BCUT2D eigenvalue weighted by atomic mass is 9.94. The molecule has 4 nitrogen and oxygen atoms in total. The van der Waals surface area contributed by atoms with Crippen LogP contribution < -0.4 is 5.32 Å². The quantitative estimate of drug-likeness (QED) is 0.829. The van der Waals surface area contributed by atoms with E-state index in [2.05, 4.69) is 36.2 Å². The van der Waals surface area contributed by atoms with E-state index in [1.54, 1.807) is 0 Å². The molecule has 0 radical (unpaired) electrons. The number of nitrogens with zero attached hydrogens (tertiary/aromatic N) is 2. The van der Waals surface area contributed by atoms with Gasteiger partial charge in [0.2, 0.25) is 5.89 Å². The van der Waals surface area contributed by atoms with Crippen LogP contribution in [-0.2, 0) is 5.54 Å². The Bertz CT molecular complexity index is 326. The van der Waals surface area contributed by atoms with Crippen LogP contribution in [0.3, 0.4) is 0 Å². The van der Waals surface area contributed by atoms with Gasteiger partial charge in [0.05, 0.1) is 5.54 Å². The standard InChI is InChI=1S/C11H19N3O/c1-4-11(6-5-7-12-11)10-13-9(8(2)3)14-15-10/h8,12H,4-7H2,1-3H3. The molecule has 1 unspecified atom stereocenters. The maximum atomic E-state index is 5.38. The predicted octanol–water partition coefficient (Wildman–Crippen LogP) is 2.18. The normalized spacial score (nSPS) is 26.4. The Morgan fingerprint density at radius 2 is 2.33 bits per heavy atom. The van der Waals surface area contributed by atoms with Gasteiger partial charge in [-0.2, -0.15) is 4.98 Å². The molecule has 2 rings (SSSR count). The summed E-state index contributed by atoms with van der Waals surface area (Å²) < 4.78 is 5.38. The fourth-order valence-electron chi connectivity index (χ4n) is 2.11. The van der Waals surface area contributed by atoms with Crippen molar-refractivity contribution in [1.82, 2.24) is 15.5 Å². The molecule has 1 aliphatic heterocycles. The average molecular weight is 209 g/mol. The fraction of sp³-hybridized carbons (Fsp3) is 0.818. The van der Waals surface area contributed by atoms with E-state index < -0.39 is 0 Å². The van der Waals surface area contributed by atoms with Crippen molar-refractivity contribution in [3.8, 4) is 0 Å². The molecule has 0 amide bonds. The summed E-state index contributed by atoms with van der Waals surface area (Å²) in [5.41, 5.74) is -0.0554. The highest BCUT2D eigenvalue weighted by Gasteiger charge is 2.38. The van der Waals surface area contributed by atoms with Crippen molar-refractivity contribution >= 4 is 0 Å². The topological polar surface area (TPSA) is 51.0 Å². The first-order valence-electron chi connectivity index (χ1n) is 5.77. The lowest BCUT2D eigenvalue weighted by molar-refractivity contribution is 0.249. The van der Waals surface area contributed by atoms with Gasteiger partial charge >= 0.3 is 0 Å². The van der Waals surface area contributed by atoms with Crippen LogP contribution in [0.4, 0.5) is 0 Å². The molecule has 1 fully saturated rings. The molecule has 2 heterocycles. The van der Waals surface area contributed by atoms with Gasteiger partial charge in [-0.05, 0) is 25.8 Å². The summed E-state index contributed by atoms with van der Waals surface area (Å²) >= 11 is 0. The summed E-state index contributed by atoms with van der Waals surface area (Å²) in [4.78, 5) is 4.49. The zero-order valence-electron chi connectivity index (χ0n) is 9.71. The zero-order chi connectivity index (χ0) is 10.9. The van der Waals surface area contributed by atoms with Gasteiger partial charge in [0.15, 0.2) is 5.82 Å². The van der Waals surface area contributed by atoms with E-state index in [0.717, 1.165) is 31.1 Å². The maximum Gasteiger partial charge on any atom is 0.246 e. The Hall–Kier alpha value is -0.900. The van der Waals surface area contributed by atoms with Crippen LogP contribution in [0.15, 0.2) is 4.52 Å². The lowest BCUT2D eigenvalue weighted by Crippen LogP contribution is -2.36. The van der Waals surface area contributed by atoms with E-state index in [1.165, 1.54) is 6.42 Å². The fourth-order valence-corrected chi connectivity index (χ4v) is 2.11. The third kappa shape index (κ3) is 1.78. The molecule has 1 saturated heterocycles. The van der Waals surface area contributed by atoms with E-state index in [0.29, 0.717) is 5.92 Å². The first-order valence-corrected chi connectivity index (χ1v) is 5.77. The van der Waals surface area contributed by atoms with E-state index in [4.69, 9.17) is 4.52 Å². The SMILES string of the molecule is CCC1(c2nc(C(C)C)no2)CCCN1. The largest absolute Gasteiger partial charge is 0.337 e. The number of nitrogens with one attached hydrogen (secondary N) is 1. The summed E-state index contributed by atoms with van der Waals surface area (Å²) in [5, 5.41) is 7.52. The molecule has 0 bridgehead atoms. The molecule has 1 atom stereocenters. The summed E-state index contributed by atoms with van der Waals surface area (Å²) in [7, 11) is 0. The van der Waals surface area contributed by atoms with Gasteiger partial charge in [0, 0.05) is 5.92 Å². The van der Waals surface area contributed by atoms with Crippen molar-refractivity contribution in [2.75, 3.05) is 6.54 Å². The van der Waals surface area contributed by atoms with Crippen LogP contribution in [0.1, 0.15) is 57.7 Å². The zero-order valence-corrected chi connectivity index (χ0v) is 9.71. The van der Waals surface area contributed by atoms with Crippen molar-refractivity contribution in [2.24, 2.45) is 0 Å². The average Bonchev–Trinajstić information content (AvgIpc) is 2.87. The van der Waals surface area contributed by atoms with Crippen LogP contribution in [0.25, 0.3) is 0 Å². The van der Waals surface area contributed by atoms with Gasteiger partial charge in [0.1, 0.15) is 0 Å². The lowest BCUT2D eigenvalue weighted by Gasteiger charge is -2.22. The van der Waals surface area contributed by atoms with Gasteiger partial charge in [-0.25, -0.2) is 0 Å². The minimum atomic E-state index is -0.0554. The van der Waals surface area contributed by atoms with Gasteiger partial charge < -0.3 is 9.84 Å². The van der Waals surface area contributed by atoms with Gasteiger partial charge in [-0.1, -0.05) is 25.9 Å². The van der Waals surface area contributed by atoms with Crippen LogP contribution in [0.2, 0.25) is 0 Å². The molecule has 84 valence electrons. The third-order valence-corrected chi connectivity index (χ3v) is 3.21. The second-order valence-corrected chi connectivity index (χ2v) is 4.58. The Labute approximate surface area is 90.4 Å². The van der Waals surface area contributed by atoms with Crippen molar-refractivity contribution in [3.63, 3.8) is 0 Å². The molecule has 1 aliphatic rings. The summed E-state index contributed by atoms with van der Waals surface area (Å²) in [5.74, 6) is 1.91. The summed E-state index contributed by atoms with van der Waals surface area (Å²) in [6.07, 6.45) is 3.29. The second kappa shape index (κ2) is 3.93. The highest BCUT2D eigenvalue weighted by atomic mass is 16.5. The summed E-state index contributed by atoms with van der Waals surface area (Å²) in [6, 6.07) is 0. The third-order valence-electron chi connectivity index (χ3n) is 3.21. The Morgan fingerprint density at radius 3 is 2.80 bits per heavy atom. The van der Waals surface area contributed by atoms with Crippen LogP contribution in [0.5, 0.6) is 0 Å². The highest BCUT2D eigenvalue weighted by Crippen LogP contribution is 2.33. The summed E-state index contributed by atoms with van der Waals surface area (Å²) in [6.45, 7) is 7.37. The Balaban J connectivity index is 2.27. The van der Waals surface area contributed by atoms with E-state index in [-0.39, 0.29) is 5.54 Å². The van der Waals surface area contributed by atoms with Crippen molar-refractivity contribution in [2.45, 2.75) is 51.5 Å². The first kappa shape index (κ1) is 10.6. The molecule has 1 N–H and O–H groups in total. The van der Waals surface area contributed by atoms with E-state index in [9.17, 15) is 0 Å². The molecule has 1 aromatic rings. The first-order chi connectivity index (χ1) is 7.18. The molecular formula is C11H19N3O. The molecule has 0 saturated carbocycles. The molecule has 1 aromatic heterocycles. The van der Waals surface area contributed by atoms with Crippen molar-refractivity contribution < 1.29 is 4.52 Å². The molecular weight excluding hydrogens is 190 g/mol. The van der Waals surface area contributed by atoms with Gasteiger partial charge in [0.25, 0.3) is 0 Å². The van der Waals surface area contributed by atoms with Crippen LogP contribution in [-0.4, -0.2) is 16.7 Å². The Morgan fingerprint density at radius 1 is 1.53 bits per heavy atom. The number of hydrogen-bond acceptors (Lipinski definition) is 4. The monoisotopic (exact) mass is 209 g/mol. The smallest absolute Gasteiger partial charge is 0.246 e. The molecule has 0 aromatic carbocycles. The number of rotatable bonds is 3. The minimum absolute atomic E-state index is 0.0554. The molecule has 15 heavy (non-hydrogen) atoms. The van der Waals surface area contributed by atoms with Crippen LogP contribution >= 0.6 is 0 Å². The highest BCUT2D eigenvalue weighted by molar-refractivity contribution is 5.07. The van der Waals surface area contributed by atoms with E-state index in [1.807, 2.05) is 0 Å². The molecule has 0 spiro atoms. The van der Waals surface area contributed by atoms with Crippen molar-refractivity contribution in [1.29, 1.82) is 0 Å². The molecule has 4 heteroatoms. The van der Waals surface area contributed by atoms with Crippen LogP contribution in [0, 0.1) is 0 Å². The number of hydrogen-bond donors (Lipinski definition) is 1.